The van der Waals surface area contributed by atoms with Crippen LogP contribution in [0.3, 0.4) is 0 Å². The Balaban J connectivity index is 3.70. The maximum atomic E-state index is 11.3. The number of nitrogens with zero attached hydrogens (tertiary/aromatic N) is 2. The molecule has 1 atom stereocenters. The zero-order chi connectivity index (χ0) is 10.2. The SMILES string of the molecule is Cn1cc(S(=O)Cl)c(=O)n(C)c1=O. The van der Waals surface area contributed by atoms with Crippen molar-refractivity contribution in [3.63, 3.8) is 0 Å². The molecule has 1 heterocycles. The van der Waals surface area contributed by atoms with Gasteiger partial charge in [-0.2, -0.15) is 0 Å². The summed E-state index contributed by atoms with van der Waals surface area (Å²) in [5, 5.41) is 0. The average Bonchev–Trinajstić information content (AvgIpc) is 2.07. The van der Waals surface area contributed by atoms with Crippen LogP contribution in [0.2, 0.25) is 0 Å². The van der Waals surface area contributed by atoms with Crippen LogP contribution in [0.4, 0.5) is 0 Å². The number of hydrogen-bond donors (Lipinski definition) is 0. The Labute approximate surface area is 80.5 Å². The van der Waals surface area contributed by atoms with Gasteiger partial charge in [0.1, 0.15) is 4.90 Å². The van der Waals surface area contributed by atoms with Gasteiger partial charge in [-0.25, -0.2) is 9.00 Å². The molecule has 0 bridgehead atoms. The summed E-state index contributed by atoms with van der Waals surface area (Å²) in [4.78, 5) is 22.3. The lowest BCUT2D eigenvalue weighted by Gasteiger charge is -2.02. The summed E-state index contributed by atoms with van der Waals surface area (Å²) >= 11 is 0. The van der Waals surface area contributed by atoms with Gasteiger partial charge >= 0.3 is 5.69 Å². The van der Waals surface area contributed by atoms with E-state index < -0.39 is 21.3 Å². The van der Waals surface area contributed by atoms with Crippen molar-refractivity contribution in [3.8, 4) is 0 Å². The first kappa shape index (κ1) is 10.2. The van der Waals surface area contributed by atoms with Crippen LogP contribution in [0.15, 0.2) is 20.7 Å². The van der Waals surface area contributed by atoms with Crippen molar-refractivity contribution < 1.29 is 4.21 Å². The highest BCUT2D eigenvalue weighted by Crippen LogP contribution is 2.00. The summed E-state index contributed by atoms with van der Waals surface area (Å²) in [5.74, 6) is 0. The van der Waals surface area contributed by atoms with Gasteiger partial charge in [0, 0.05) is 20.3 Å². The van der Waals surface area contributed by atoms with E-state index in [1.54, 1.807) is 0 Å². The van der Waals surface area contributed by atoms with Crippen molar-refractivity contribution >= 4 is 20.7 Å². The highest BCUT2D eigenvalue weighted by Gasteiger charge is 2.10. The molecule has 1 aromatic heterocycles. The Bertz CT molecular complexity index is 476. The van der Waals surface area contributed by atoms with Crippen molar-refractivity contribution in [1.82, 2.24) is 9.13 Å². The minimum Gasteiger partial charge on any atom is -0.302 e. The Morgan fingerprint density at radius 2 is 1.92 bits per heavy atom. The van der Waals surface area contributed by atoms with Crippen molar-refractivity contribution in [2.75, 3.05) is 0 Å². The minimum atomic E-state index is -1.89. The predicted molar refractivity (Wildman–Crippen MR) is 49.2 cm³/mol. The monoisotopic (exact) mass is 222 g/mol. The maximum absolute atomic E-state index is 11.3. The van der Waals surface area contributed by atoms with Gasteiger partial charge in [0.15, 0.2) is 10.0 Å². The minimum absolute atomic E-state index is 0.0914. The molecule has 0 radical (unpaired) electrons. The molecule has 0 saturated carbocycles. The van der Waals surface area contributed by atoms with Crippen LogP contribution in [-0.4, -0.2) is 13.3 Å². The highest BCUT2D eigenvalue weighted by molar-refractivity contribution is 8.08. The Hall–Kier alpha value is -0.880. The lowest BCUT2D eigenvalue weighted by Crippen LogP contribution is -2.38. The zero-order valence-corrected chi connectivity index (χ0v) is 8.56. The van der Waals surface area contributed by atoms with Crippen LogP contribution in [0.5, 0.6) is 0 Å². The van der Waals surface area contributed by atoms with Gasteiger partial charge in [0.05, 0.1) is 0 Å². The van der Waals surface area contributed by atoms with Gasteiger partial charge in [-0.05, 0) is 10.7 Å². The van der Waals surface area contributed by atoms with E-state index in [-0.39, 0.29) is 4.90 Å². The molecule has 0 aromatic carbocycles. The fraction of sp³-hybridized carbons (Fsp3) is 0.333. The van der Waals surface area contributed by atoms with Crippen LogP contribution >= 0.6 is 10.7 Å². The average molecular weight is 223 g/mol. The molecule has 0 aliphatic rings. The number of hydrogen-bond acceptors (Lipinski definition) is 3. The molecule has 1 unspecified atom stereocenters. The summed E-state index contributed by atoms with van der Waals surface area (Å²) in [6.07, 6.45) is 1.17. The summed E-state index contributed by atoms with van der Waals surface area (Å²) in [7, 11) is 6.11. The second kappa shape index (κ2) is 3.47. The third-order valence-electron chi connectivity index (χ3n) is 1.59. The van der Waals surface area contributed by atoms with Crippen LogP contribution in [-0.2, 0) is 24.1 Å². The van der Waals surface area contributed by atoms with E-state index in [1.165, 1.54) is 20.3 Å². The van der Waals surface area contributed by atoms with Gasteiger partial charge in [-0.1, -0.05) is 0 Å². The fourth-order valence-corrected chi connectivity index (χ4v) is 1.72. The van der Waals surface area contributed by atoms with E-state index in [0.29, 0.717) is 0 Å². The van der Waals surface area contributed by atoms with E-state index in [0.717, 1.165) is 9.13 Å². The van der Waals surface area contributed by atoms with Gasteiger partial charge in [0.25, 0.3) is 5.56 Å². The van der Waals surface area contributed by atoms with Crippen LogP contribution in [0, 0.1) is 0 Å². The normalized spacial score (nSPS) is 12.8. The first-order valence-electron chi connectivity index (χ1n) is 3.30. The molecule has 1 aromatic rings. The predicted octanol–water partition coefficient (Wildman–Crippen LogP) is -0.655. The molecule has 13 heavy (non-hydrogen) atoms. The number of halogens is 1. The molecule has 72 valence electrons. The molecule has 1 rings (SSSR count). The molecule has 0 spiro atoms. The standard InChI is InChI=1S/C6H7ClN2O3S/c1-8-3-4(13(7)12)5(10)9(2)6(8)11/h3H,1-2H3. The van der Waals surface area contributed by atoms with Crippen LogP contribution in [0.1, 0.15) is 0 Å². The third-order valence-corrected chi connectivity index (χ3v) is 2.71. The van der Waals surface area contributed by atoms with Crippen molar-refractivity contribution in [2.45, 2.75) is 4.90 Å². The summed E-state index contributed by atoms with van der Waals surface area (Å²) in [6.45, 7) is 0. The van der Waals surface area contributed by atoms with Gasteiger partial charge in [-0.3, -0.25) is 9.36 Å². The highest BCUT2D eigenvalue weighted by atomic mass is 35.7. The Morgan fingerprint density at radius 1 is 1.38 bits per heavy atom. The summed E-state index contributed by atoms with van der Waals surface area (Å²) in [5.41, 5.74) is -1.10. The molecule has 7 heteroatoms. The molecule has 5 nitrogen and oxygen atoms in total. The largest absolute Gasteiger partial charge is 0.330 e. The first-order valence-corrected chi connectivity index (χ1v) is 5.27. The molecule has 0 aliphatic heterocycles. The lowest BCUT2D eigenvalue weighted by atomic mass is 10.6. The second-order valence-electron chi connectivity index (χ2n) is 2.47. The third kappa shape index (κ3) is 1.73. The molecule has 0 N–H and O–H groups in total. The van der Waals surface area contributed by atoms with Gasteiger partial charge < -0.3 is 4.57 Å². The Kier molecular flexibility index (Phi) is 2.72. The second-order valence-corrected chi connectivity index (χ2v) is 4.20. The molecular formula is C6H7ClN2O3S. The molecule has 0 saturated heterocycles. The van der Waals surface area contributed by atoms with E-state index in [1.807, 2.05) is 0 Å². The van der Waals surface area contributed by atoms with E-state index in [9.17, 15) is 13.8 Å². The van der Waals surface area contributed by atoms with Crippen molar-refractivity contribution in [3.05, 3.63) is 27.0 Å². The molecule has 0 aliphatic carbocycles. The maximum Gasteiger partial charge on any atom is 0.330 e. The number of aryl methyl sites for hydroxylation is 1. The fourth-order valence-electron chi connectivity index (χ4n) is 0.885. The number of aromatic nitrogens is 2. The smallest absolute Gasteiger partial charge is 0.302 e. The van der Waals surface area contributed by atoms with E-state index in [2.05, 4.69) is 0 Å². The lowest BCUT2D eigenvalue weighted by molar-refractivity contribution is 0.650. The van der Waals surface area contributed by atoms with Crippen LogP contribution in [0.25, 0.3) is 0 Å². The van der Waals surface area contributed by atoms with Crippen LogP contribution < -0.4 is 11.2 Å². The molecular weight excluding hydrogens is 216 g/mol. The quantitative estimate of drug-likeness (QED) is 0.593. The molecule has 0 amide bonds. The number of rotatable bonds is 1. The Morgan fingerprint density at radius 3 is 2.38 bits per heavy atom. The first-order chi connectivity index (χ1) is 5.95. The topological polar surface area (TPSA) is 61.1 Å². The van der Waals surface area contributed by atoms with E-state index in [4.69, 9.17) is 10.7 Å². The van der Waals surface area contributed by atoms with Crippen molar-refractivity contribution in [1.29, 1.82) is 0 Å². The summed E-state index contributed by atoms with van der Waals surface area (Å²) in [6, 6.07) is 0. The van der Waals surface area contributed by atoms with Crippen molar-refractivity contribution in [2.24, 2.45) is 14.1 Å². The van der Waals surface area contributed by atoms with Gasteiger partial charge in [-0.15, -0.1) is 0 Å². The zero-order valence-electron chi connectivity index (χ0n) is 6.98. The van der Waals surface area contributed by atoms with E-state index >= 15 is 0 Å². The summed E-state index contributed by atoms with van der Waals surface area (Å²) < 4.78 is 12.8. The van der Waals surface area contributed by atoms with Gasteiger partial charge in [0.2, 0.25) is 0 Å². The molecule has 0 fully saturated rings.